The smallest absolute Gasteiger partial charge is 0.404 e. The number of pyridine rings is 1. The van der Waals surface area contributed by atoms with Crippen LogP contribution in [0.25, 0.3) is 22.3 Å². The number of anilines is 1. The Morgan fingerprint density at radius 3 is 2.83 bits per heavy atom. The first-order valence-electron chi connectivity index (χ1n) is 9.82. The average molecular weight is 395 g/mol. The summed E-state index contributed by atoms with van der Waals surface area (Å²) >= 11 is 0. The highest BCUT2D eigenvalue weighted by atomic mass is 16.4. The van der Waals surface area contributed by atoms with E-state index < -0.39 is 6.09 Å². The van der Waals surface area contributed by atoms with Crippen LogP contribution in [0.2, 0.25) is 0 Å². The van der Waals surface area contributed by atoms with E-state index in [1.165, 1.54) is 0 Å². The van der Waals surface area contributed by atoms with Gasteiger partial charge in [-0.3, -0.25) is 4.68 Å². The normalized spacial score (nSPS) is 19.0. The molecule has 4 rings (SSSR count). The molecule has 0 radical (unpaired) electrons. The molecule has 0 saturated heterocycles. The Bertz CT molecular complexity index is 1050. The second-order valence-electron chi connectivity index (χ2n) is 7.82. The number of aryl methyl sites for hydroxylation is 1. The number of nitrogens with one attached hydrogen (secondary N) is 2. The first-order chi connectivity index (χ1) is 13.9. The van der Waals surface area contributed by atoms with Crippen molar-refractivity contribution in [3.8, 4) is 11.3 Å². The molecular weight excluding hydrogens is 370 g/mol. The van der Waals surface area contributed by atoms with E-state index in [0.29, 0.717) is 11.9 Å². The fourth-order valence-corrected chi connectivity index (χ4v) is 3.92. The van der Waals surface area contributed by atoms with Crippen molar-refractivity contribution in [1.82, 2.24) is 30.0 Å². The molecule has 0 unspecified atom stereocenters. The maximum atomic E-state index is 10.8. The van der Waals surface area contributed by atoms with Crippen molar-refractivity contribution in [3.05, 3.63) is 30.2 Å². The van der Waals surface area contributed by atoms with Crippen LogP contribution in [0.5, 0.6) is 0 Å². The molecule has 3 aromatic heterocycles. The standard InChI is InChI=1S/C20H25N7O2/c1-11(2)17-15-8-12(10-22-18(15)27(3)26-17)16-6-7-21-19(25-16)23-13-4-5-14(9-13)24-20(28)29/h6-8,10-11,13-14,24H,4-5,9H2,1-3H3,(H,28,29)(H,21,23,25)/t13-,14-/m0/s1. The van der Waals surface area contributed by atoms with Crippen LogP contribution in [0, 0.1) is 0 Å². The summed E-state index contributed by atoms with van der Waals surface area (Å²) in [6.45, 7) is 4.24. The number of aromatic nitrogens is 5. The summed E-state index contributed by atoms with van der Waals surface area (Å²) in [7, 11) is 1.90. The van der Waals surface area contributed by atoms with E-state index in [4.69, 9.17) is 5.11 Å². The predicted molar refractivity (Wildman–Crippen MR) is 110 cm³/mol. The summed E-state index contributed by atoms with van der Waals surface area (Å²) < 4.78 is 1.81. The third kappa shape index (κ3) is 3.98. The zero-order valence-electron chi connectivity index (χ0n) is 16.8. The van der Waals surface area contributed by atoms with Gasteiger partial charge < -0.3 is 15.7 Å². The molecule has 3 heterocycles. The van der Waals surface area contributed by atoms with Crippen molar-refractivity contribution in [3.63, 3.8) is 0 Å². The summed E-state index contributed by atoms with van der Waals surface area (Å²) in [4.78, 5) is 24.4. The monoisotopic (exact) mass is 395 g/mol. The lowest BCUT2D eigenvalue weighted by atomic mass is 10.1. The van der Waals surface area contributed by atoms with Gasteiger partial charge in [0.15, 0.2) is 5.65 Å². The van der Waals surface area contributed by atoms with Gasteiger partial charge in [0, 0.05) is 42.5 Å². The van der Waals surface area contributed by atoms with E-state index in [1.54, 1.807) is 6.20 Å². The van der Waals surface area contributed by atoms with Gasteiger partial charge in [-0.2, -0.15) is 5.10 Å². The molecule has 9 heteroatoms. The molecule has 1 amide bonds. The Kier molecular flexibility index (Phi) is 5.04. The quantitative estimate of drug-likeness (QED) is 0.607. The van der Waals surface area contributed by atoms with Gasteiger partial charge in [0.1, 0.15) is 0 Å². The summed E-state index contributed by atoms with van der Waals surface area (Å²) in [5, 5.41) is 20.4. The molecule has 0 bridgehead atoms. The van der Waals surface area contributed by atoms with Crippen LogP contribution in [0.15, 0.2) is 24.5 Å². The second kappa shape index (κ2) is 7.65. The largest absolute Gasteiger partial charge is 0.465 e. The minimum Gasteiger partial charge on any atom is -0.465 e. The van der Waals surface area contributed by atoms with Crippen LogP contribution in [-0.2, 0) is 7.05 Å². The maximum Gasteiger partial charge on any atom is 0.404 e. The first-order valence-corrected chi connectivity index (χ1v) is 9.82. The minimum atomic E-state index is -0.979. The summed E-state index contributed by atoms with van der Waals surface area (Å²) in [6, 6.07) is 4.07. The highest BCUT2D eigenvalue weighted by Crippen LogP contribution is 2.28. The highest BCUT2D eigenvalue weighted by molar-refractivity contribution is 5.83. The molecule has 29 heavy (non-hydrogen) atoms. The van der Waals surface area contributed by atoms with Crippen molar-refractivity contribution in [2.75, 3.05) is 5.32 Å². The number of hydrogen-bond donors (Lipinski definition) is 3. The van der Waals surface area contributed by atoms with Crippen LogP contribution >= 0.6 is 0 Å². The van der Waals surface area contributed by atoms with Crippen LogP contribution in [0.3, 0.4) is 0 Å². The van der Waals surface area contributed by atoms with Crippen molar-refractivity contribution in [2.24, 2.45) is 7.05 Å². The number of carboxylic acid groups (broad SMARTS) is 1. The summed E-state index contributed by atoms with van der Waals surface area (Å²) in [6.07, 6.45) is 4.96. The molecule has 152 valence electrons. The van der Waals surface area contributed by atoms with E-state index in [0.717, 1.165) is 47.2 Å². The second-order valence-corrected chi connectivity index (χ2v) is 7.82. The third-order valence-corrected chi connectivity index (χ3v) is 5.30. The Morgan fingerprint density at radius 2 is 2.07 bits per heavy atom. The van der Waals surface area contributed by atoms with Gasteiger partial charge in [0.2, 0.25) is 5.95 Å². The van der Waals surface area contributed by atoms with Crippen LogP contribution in [-0.4, -0.2) is 48.0 Å². The van der Waals surface area contributed by atoms with Gasteiger partial charge >= 0.3 is 6.09 Å². The number of amides is 1. The van der Waals surface area contributed by atoms with Crippen molar-refractivity contribution in [2.45, 2.75) is 51.1 Å². The Labute approximate surface area is 168 Å². The molecule has 2 atom stereocenters. The molecule has 1 saturated carbocycles. The summed E-state index contributed by atoms with van der Waals surface area (Å²) in [5.41, 5.74) is 3.57. The van der Waals surface area contributed by atoms with Crippen LogP contribution in [0.4, 0.5) is 10.7 Å². The molecular formula is C20H25N7O2. The maximum absolute atomic E-state index is 10.8. The predicted octanol–water partition coefficient (Wildman–Crippen LogP) is 3.15. The first kappa shape index (κ1) is 19.1. The van der Waals surface area contributed by atoms with E-state index in [-0.39, 0.29) is 12.1 Å². The van der Waals surface area contributed by atoms with Crippen molar-refractivity contribution >= 4 is 23.1 Å². The van der Waals surface area contributed by atoms with Crippen molar-refractivity contribution < 1.29 is 9.90 Å². The molecule has 3 N–H and O–H groups in total. The van der Waals surface area contributed by atoms with Gasteiger partial charge in [-0.1, -0.05) is 13.8 Å². The van der Waals surface area contributed by atoms with E-state index in [9.17, 15) is 4.79 Å². The fraction of sp³-hybridized carbons (Fsp3) is 0.450. The Balaban J connectivity index is 1.56. The SMILES string of the molecule is CC(C)c1nn(C)c2ncc(-c3ccnc(N[C@H]4CC[C@H](NC(=O)O)C4)n3)cc12. The molecule has 0 aromatic carbocycles. The van der Waals surface area contributed by atoms with Crippen LogP contribution < -0.4 is 10.6 Å². The van der Waals surface area contributed by atoms with Gasteiger partial charge in [0.25, 0.3) is 0 Å². The van der Waals surface area contributed by atoms with E-state index in [1.807, 2.05) is 24.0 Å². The number of nitrogens with zero attached hydrogens (tertiary/aromatic N) is 5. The lowest BCUT2D eigenvalue weighted by Crippen LogP contribution is -2.32. The molecule has 0 aliphatic heterocycles. The minimum absolute atomic E-state index is 0.0279. The lowest BCUT2D eigenvalue weighted by molar-refractivity contribution is 0.190. The Morgan fingerprint density at radius 1 is 1.28 bits per heavy atom. The van der Waals surface area contributed by atoms with Gasteiger partial charge in [-0.15, -0.1) is 0 Å². The molecule has 1 aliphatic rings. The number of fused-ring (bicyclic) bond motifs is 1. The van der Waals surface area contributed by atoms with Crippen LogP contribution in [0.1, 0.15) is 44.7 Å². The lowest BCUT2D eigenvalue weighted by Gasteiger charge is -2.14. The fourth-order valence-electron chi connectivity index (χ4n) is 3.92. The number of hydrogen-bond acceptors (Lipinski definition) is 6. The molecule has 1 aliphatic carbocycles. The molecule has 9 nitrogen and oxygen atoms in total. The zero-order valence-corrected chi connectivity index (χ0v) is 16.8. The van der Waals surface area contributed by atoms with Crippen molar-refractivity contribution in [1.29, 1.82) is 0 Å². The van der Waals surface area contributed by atoms with E-state index >= 15 is 0 Å². The summed E-state index contributed by atoms with van der Waals surface area (Å²) in [5.74, 6) is 0.840. The zero-order chi connectivity index (χ0) is 20.5. The topological polar surface area (TPSA) is 118 Å². The van der Waals surface area contributed by atoms with Gasteiger partial charge in [-0.05, 0) is 37.3 Å². The van der Waals surface area contributed by atoms with Gasteiger partial charge in [-0.25, -0.2) is 19.7 Å². The third-order valence-electron chi connectivity index (χ3n) is 5.30. The average Bonchev–Trinajstić information content (AvgIpc) is 3.25. The number of rotatable bonds is 5. The number of carbonyl (C=O) groups is 1. The van der Waals surface area contributed by atoms with Gasteiger partial charge in [0.05, 0.1) is 11.4 Å². The highest BCUT2D eigenvalue weighted by Gasteiger charge is 2.26. The van der Waals surface area contributed by atoms with E-state index in [2.05, 4.69) is 50.6 Å². The molecule has 1 fully saturated rings. The Hall–Kier alpha value is -3.23. The molecule has 3 aromatic rings. The molecule has 0 spiro atoms.